The van der Waals surface area contributed by atoms with E-state index in [0.29, 0.717) is 0 Å². The Balaban J connectivity index is 1.58. The first kappa shape index (κ1) is 19.2. The fourth-order valence-corrected chi connectivity index (χ4v) is 4.99. The summed E-state index contributed by atoms with van der Waals surface area (Å²) in [6.45, 7) is 5.83. The molecule has 0 radical (unpaired) electrons. The summed E-state index contributed by atoms with van der Waals surface area (Å²) in [5.41, 5.74) is 4.43. The van der Waals surface area contributed by atoms with E-state index in [1.54, 1.807) is 12.7 Å². The third-order valence-electron chi connectivity index (χ3n) is 6.01. The van der Waals surface area contributed by atoms with Gasteiger partial charge in [0.25, 0.3) is 0 Å². The standard InChI is InChI=1S/C21H25N7OS/c1-14-10-17(15(2)28(14)26-12-23-24-13-26)20-19(18-7-3-4-8-22-18)25-21(30)27(20)11-16-6-5-9-29-16/h3-4,7-8,10,12-13,16,19-20H,5-6,9,11H2,1-2H3,(H,25,30)/t16-,19+,20-/m1/s1. The van der Waals surface area contributed by atoms with Crippen molar-refractivity contribution in [2.75, 3.05) is 13.2 Å². The molecule has 2 aliphatic heterocycles. The first-order valence-electron chi connectivity index (χ1n) is 10.3. The highest BCUT2D eigenvalue weighted by molar-refractivity contribution is 7.80. The molecule has 0 saturated carbocycles. The minimum absolute atomic E-state index is 0.0213. The van der Waals surface area contributed by atoms with Gasteiger partial charge in [0.15, 0.2) is 5.11 Å². The number of aromatic nitrogens is 5. The van der Waals surface area contributed by atoms with Gasteiger partial charge in [0.05, 0.1) is 23.9 Å². The number of hydrogen-bond donors (Lipinski definition) is 1. The van der Waals surface area contributed by atoms with Crippen LogP contribution in [-0.4, -0.2) is 53.8 Å². The van der Waals surface area contributed by atoms with Crippen LogP contribution in [-0.2, 0) is 4.74 Å². The highest BCUT2D eigenvalue weighted by Gasteiger charge is 2.42. The van der Waals surface area contributed by atoms with Crippen molar-refractivity contribution in [1.29, 1.82) is 0 Å². The number of rotatable bonds is 5. The van der Waals surface area contributed by atoms with Crippen LogP contribution in [0.5, 0.6) is 0 Å². The average molecular weight is 424 g/mol. The molecule has 0 aromatic carbocycles. The van der Waals surface area contributed by atoms with Gasteiger partial charge < -0.3 is 15.0 Å². The monoisotopic (exact) mass is 423 g/mol. The number of aryl methyl sites for hydroxylation is 1. The molecule has 5 rings (SSSR count). The van der Waals surface area contributed by atoms with Crippen LogP contribution in [0.25, 0.3) is 0 Å². The highest BCUT2D eigenvalue weighted by atomic mass is 32.1. The molecule has 0 spiro atoms. The molecule has 2 saturated heterocycles. The third-order valence-corrected chi connectivity index (χ3v) is 6.36. The van der Waals surface area contributed by atoms with Gasteiger partial charge in [0.2, 0.25) is 0 Å². The zero-order valence-corrected chi connectivity index (χ0v) is 17.9. The largest absolute Gasteiger partial charge is 0.376 e. The van der Waals surface area contributed by atoms with Gasteiger partial charge >= 0.3 is 0 Å². The van der Waals surface area contributed by atoms with Crippen LogP contribution in [0.2, 0.25) is 0 Å². The number of nitrogens with zero attached hydrogens (tertiary/aromatic N) is 6. The van der Waals surface area contributed by atoms with E-state index in [9.17, 15) is 0 Å². The highest BCUT2D eigenvalue weighted by Crippen LogP contribution is 2.41. The number of hydrogen-bond acceptors (Lipinski definition) is 5. The zero-order valence-electron chi connectivity index (χ0n) is 17.1. The average Bonchev–Trinajstić information content (AvgIpc) is 3.53. The smallest absolute Gasteiger partial charge is 0.170 e. The van der Waals surface area contributed by atoms with Crippen LogP contribution in [0, 0.1) is 13.8 Å². The fraction of sp³-hybridized carbons (Fsp3) is 0.429. The quantitative estimate of drug-likeness (QED) is 0.632. The normalized spacial score (nSPS) is 23.9. The molecule has 0 aliphatic carbocycles. The summed E-state index contributed by atoms with van der Waals surface area (Å²) in [5, 5.41) is 12.2. The molecule has 0 bridgehead atoms. The lowest BCUT2D eigenvalue weighted by molar-refractivity contribution is 0.0841. The van der Waals surface area contributed by atoms with Crippen molar-refractivity contribution in [2.24, 2.45) is 0 Å². The van der Waals surface area contributed by atoms with Crippen molar-refractivity contribution >= 4 is 17.3 Å². The van der Waals surface area contributed by atoms with Crippen LogP contribution < -0.4 is 5.32 Å². The molecule has 0 unspecified atom stereocenters. The van der Waals surface area contributed by atoms with Gasteiger partial charge in [0.1, 0.15) is 12.7 Å². The van der Waals surface area contributed by atoms with Crippen molar-refractivity contribution < 1.29 is 4.74 Å². The predicted octanol–water partition coefficient (Wildman–Crippen LogP) is 2.55. The zero-order chi connectivity index (χ0) is 20.7. The van der Waals surface area contributed by atoms with Gasteiger partial charge in [-0.2, -0.15) is 0 Å². The van der Waals surface area contributed by atoms with Gasteiger partial charge in [0, 0.05) is 36.3 Å². The Bertz CT molecular complexity index is 1030. The lowest BCUT2D eigenvalue weighted by Gasteiger charge is -2.30. The lowest BCUT2D eigenvalue weighted by Crippen LogP contribution is -2.36. The van der Waals surface area contributed by atoms with E-state index in [0.717, 1.165) is 48.2 Å². The Hall–Kier alpha value is -2.78. The molecular formula is C21H25N7OS. The summed E-state index contributed by atoms with van der Waals surface area (Å²) >= 11 is 5.79. The second-order valence-electron chi connectivity index (χ2n) is 7.89. The second-order valence-corrected chi connectivity index (χ2v) is 8.28. The third kappa shape index (κ3) is 3.27. The Kier molecular flexibility index (Phi) is 5.00. The van der Waals surface area contributed by atoms with E-state index in [1.165, 1.54) is 5.56 Å². The second kappa shape index (κ2) is 7.81. The number of ether oxygens (including phenoxy) is 1. The maximum atomic E-state index is 5.94. The lowest BCUT2D eigenvalue weighted by atomic mass is 9.96. The van der Waals surface area contributed by atoms with Gasteiger partial charge in [-0.05, 0) is 57.1 Å². The van der Waals surface area contributed by atoms with Crippen LogP contribution >= 0.6 is 12.2 Å². The number of pyridine rings is 1. The molecule has 1 N–H and O–H groups in total. The Morgan fingerprint density at radius 1 is 1.23 bits per heavy atom. The molecule has 3 aromatic rings. The summed E-state index contributed by atoms with van der Waals surface area (Å²) in [6, 6.07) is 8.24. The summed E-state index contributed by atoms with van der Waals surface area (Å²) in [7, 11) is 0. The topological polar surface area (TPSA) is 73.0 Å². The van der Waals surface area contributed by atoms with Gasteiger partial charge in [-0.25, -0.2) is 4.68 Å². The van der Waals surface area contributed by atoms with Gasteiger partial charge in [-0.15, -0.1) is 10.2 Å². The first-order valence-corrected chi connectivity index (χ1v) is 10.7. The van der Waals surface area contributed by atoms with Crippen LogP contribution in [0.4, 0.5) is 0 Å². The predicted molar refractivity (Wildman–Crippen MR) is 116 cm³/mol. The van der Waals surface area contributed by atoms with E-state index in [-0.39, 0.29) is 18.2 Å². The first-order chi connectivity index (χ1) is 14.6. The molecular weight excluding hydrogens is 398 g/mol. The molecule has 3 atom stereocenters. The molecule has 2 fully saturated rings. The molecule has 2 aliphatic rings. The van der Waals surface area contributed by atoms with Crippen LogP contribution in [0.15, 0.2) is 43.1 Å². The van der Waals surface area contributed by atoms with Crippen molar-refractivity contribution in [1.82, 2.24) is 34.8 Å². The van der Waals surface area contributed by atoms with Crippen molar-refractivity contribution in [3.8, 4) is 0 Å². The Morgan fingerprint density at radius 3 is 2.77 bits per heavy atom. The van der Waals surface area contributed by atoms with Gasteiger partial charge in [-0.3, -0.25) is 9.66 Å². The van der Waals surface area contributed by atoms with E-state index >= 15 is 0 Å². The van der Waals surface area contributed by atoms with Crippen LogP contribution in [0.1, 0.15) is 47.6 Å². The van der Waals surface area contributed by atoms with Gasteiger partial charge in [-0.1, -0.05) is 6.07 Å². The maximum absolute atomic E-state index is 5.94. The number of thiocarbonyl (C=S) groups is 1. The summed E-state index contributed by atoms with van der Waals surface area (Å²) in [4.78, 5) is 6.91. The minimum atomic E-state index is -0.0324. The van der Waals surface area contributed by atoms with E-state index in [4.69, 9.17) is 17.0 Å². The fourth-order valence-electron chi connectivity index (χ4n) is 4.68. The molecule has 156 valence electrons. The molecule has 8 nitrogen and oxygen atoms in total. The Labute approximate surface area is 180 Å². The SMILES string of the molecule is Cc1cc([C@@H]2[C@H](c3ccccn3)NC(=S)N2C[C@H]2CCCO2)c(C)n1-n1cnnc1. The molecule has 30 heavy (non-hydrogen) atoms. The number of nitrogens with one attached hydrogen (secondary N) is 1. The molecule has 0 amide bonds. The molecule has 3 aromatic heterocycles. The van der Waals surface area contributed by atoms with Crippen molar-refractivity contribution in [2.45, 2.75) is 44.9 Å². The van der Waals surface area contributed by atoms with E-state index in [2.05, 4.69) is 56.1 Å². The van der Waals surface area contributed by atoms with Crippen molar-refractivity contribution in [3.63, 3.8) is 0 Å². The minimum Gasteiger partial charge on any atom is -0.376 e. The van der Waals surface area contributed by atoms with Crippen LogP contribution in [0.3, 0.4) is 0 Å². The summed E-state index contributed by atoms with van der Waals surface area (Å²) in [6.07, 6.45) is 7.63. The Morgan fingerprint density at radius 2 is 2.07 bits per heavy atom. The molecule has 5 heterocycles. The molecule has 9 heteroatoms. The maximum Gasteiger partial charge on any atom is 0.170 e. The van der Waals surface area contributed by atoms with E-state index < -0.39 is 0 Å². The summed E-state index contributed by atoms with van der Waals surface area (Å²) in [5.74, 6) is 0. The summed E-state index contributed by atoms with van der Waals surface area (Å²) < 4.78 is 9.96. The van der Waals surface area contributed by atoms with Crippen molar-refractivity contribution in [3.05, 3.63) is 65.8 Å². The van der Waals surface area contributed by atoms with E-state index in [1.807, 2.05) is 23.0 Å².